The van der Waals surface area contributed by atoms with E-state index in [1.54, 1.807) is 19.2 Å². The minimum atomic E-state index is -0.508. The summed E-state index contributed by atoms with van der Waals surface area (Å²) in [6.45, 7) is 5.55. The summed E-state index contributed by atoms with van der Waals surface area (Å²) in [5.41, 5.74) is 4.70. The summed E-state index contributed by atoms with van der Waals surface area (Å²) < 4.78 is 13.6. The summed E-state index contributed by atoms with van der Waals surface area (Å²) in [5, 5.41) is 2.70. The number of pyridine rings is 2. The maximum atomic E-state index is 13.6. The van der Waals surface area contributed by atoms with Gasteiger partial charge in [0.1, 0.15) is 11.6 Å². The Hall–Kier alpha value is -3.08. The largest absolute Gasteiger partial charge is 0.306 e. The Labute approximate surface area is 145 Å². The molecule has 0 bridgehead atoms. The third kappa shape index (κ3) is 3.55. The van der Waals surface area contributed by atoms with E-state index in [9.17, 15) is 9.18 Å². The summed E-state index contributed by atoms with van der Waals surface area (Å²) in [6, 6.07) is 9.95. The lowest BCUT2D eigenvalue weighted by molar-refractivity contribution is 0.102. The van der Waals surface area contributed by atoms with Gasteiger partial charge in [-0.3, -0.25) is 9.78 Å². The van der Waals surface area contributed by atoms with E-state index in [2.05, 4.69) is 21.4 Å². The summed E-state index contributed by atoms with van der Waals surface area (Å²) in [7, 11) is 0. The third-order valence-corrected chi connectivity index (χ3v) is 4.08. The van der Waals surface area contributed by atoms with Gasteiger partial charge in [-0.05, 0) is 38.0 Å². The second-order valence-corrected chi connectivity index (χ2v) is 6.00. The van der Waals surface area contributed by atoms with Crippen molar-refractivity contribution >= 4 is 11.7 Å². The van der Waals surface area contributed by atoms with Gasteiger partial charge in [-0.1, -0.05) is 29.8 Å². The molecule has 0 spiro atoms. The first kappa shape index (κ1) is 16.8. The van der Waals surface area contributed by atoms with Crippen molar-refractivity contribution in [3.63, 3.8) is 0 Å². The Morgan fingerprint density at radius 2 is 1.88 bits per heavy atom. The molecule has 0 fully saturated rings. The number of halogens is 1. The van der Waals surface area contributed by atoms with Crippen molar-refractivity contribution in [2.24, 2.45) is 0 Å². The van der Waals surface area contributed by atoms with Crippen LogP contribution in [0.15, 0.2) is 48.9 Å². The van der Waals surface area contributed by atoms with Crippen molar-refractivity contribution in [1.82, 2.24) is 9.97 Å². The van der Waals surface area contributed by atoms with Crippen LogP contribution in [0.25, 0.3) is 11.1 Å². The number of hydrogen-bond donors (Lipinski definition) is 1. The molecule has 3 aromatic rings. The van der Waals surface area contributed by atoms with Crippen LogP contribution >= 0.6 is 0 Å². The van der Waals surface area contributed by atoms with Crippen LogP contribution in [-0.4, -0.2) is 15.9 Å². The molecule has 0 aliphatic heterocycles. The molecule has 0 saturated heterocycles. The number of nitrogens with one attached hydrogen (secondary N) is 1. The molecule has 0 saturated carbocycles. The van der Waals surface area contributed by atoms with Crippen LogP contribution in [-0.2, 0) is 0 Å². The molecule has 1 amide bonds. The Balaban J connectivity index is 1.86. The van der Waals surface area contributed by atoms with Gasteiger partial charge in [-0.25, -0.2) is 9.37 Å². The van der Waals surface area contributed by atoms with Crippen LogP contribution in [0, 0.1) is 26.6 Å². The lowest BCUT2D eigenvalue weighted by Crippen LogP contribution is -2.15. The molecule has 2 aromatic heterocycles. The van der Waals surface area contributed by atoms with Gasteiger partial charge >= 0.3 is 0 Å². The summed E-state index contributed by atoms with van der Waals surface area (Å²) in [5.74, 6) is -0.520. The first-order valence-electron chi connectivity index (χ1n) is 7.91. The zero-order chi connectivity index (χ0) is 18.0. The number of carbonyl (C=O) groups excluding carboxylic acids is 1. The fourth-order valence-corrected chi connectivity index (χ4v) is 2.65. The predicted octanol–water partition coefficient (Wildman–Crippen LogP) is 4.46. The molecule has 0 atom stereocenters. The second kappa shape index (κ2) is 6.81. The van der Waals surface area contributed by atoms with Gasteiger partial charge in [0.25, 0.3) is 5.91 Å². The first-order chi connectivity index (χ1) is 12.0. The topological polar surface area (TPSA) is 54.9 Å². The summed E-state index contributed by atoms with van der Waals surface area (Å²) in [6.07, 6.45) is 4.17. The van der Waals surface area contributed by atoms with Crippen molar-refractivity contribution in [3.8, 4) is 11.1 Å². The number of benzene rings is 1. The minimum Gasteiger partial charge on any atom is -0.306 e. The molecule has 0 aliphatic carbocycles. The van der Waals surface area contributed by atoms with Crippen LogP contribution in [0.2, 0.25) is 0 Å². The van der Waals surface area contributed by atoms with E-state index in [1.165, 1.54) is 11.8 Å². The minimum absolute atomic E-state index is 0.196. The predicted molar refractivity (Wildman–Crippen MR) is 96.0 cm³/mol. The van der Waals surface area contributed by atoms with E-state index >= 15 is 0 Å². The zero-order valence-corrected chi connectivity index (χ0v) is 14.3. The lowest BCUT2D eigenvalue weighted by Gasteiger charge is -2.11. The fourth-order valence-electron chi connectivity index (χ4n) is 2.65. The first-order valence-corrected chi connectivity index (χ1v) is 7.91. The van der Waals surface area contributed by atoms with Crippen molar-refractivity contribution in [2.45, 2.75) is 20.8 Å². The molecular formula is C20H18FN3O. The average molecular weight is 335 g/mol. The molecule has 0 unspecified atom stereocenters. The third-order valence-electron chi connectivity index (χ3n) is 4.08. The number of carbonyl (C=O) groups is 1. The van der Waals surface area contributed by atoms with Crippen LogP contribution in [0.5, 0.6) is 0 Å². The molecule has 1 N–H and O–H groups in total. The molecule has 126 valence electrons. The lowest BCUT2D eigenvalue weighted by atomic mass is 10.0. The molecule has 25 heavy (non-hydrogen) atoms. The number of amides is 1. The Morgan fingerprint density at radius 3 is 2.60 bits per heavy atom. The van der Waals surface area contributed by atoms with Gasteiger partial charge in [0.15, 0.2) is 0 Å². The van der Waals surface area contributed by atoms with Crippen molar-refractivity contribution in [2.75, 3.05) is 5.32 Å². The maximum absolute atomic E-state index is 13.6. The highest BCUT2D eigenvalue weighted by Crippen LogP contribution is 2.25. The molecule has 0 aliphatic rings. The molecule has 1 aromatic carbocycles. The number of nitrogens with zero attached hydrogens (tertiary/aromatic N) is 2. The van der Waals surface area contributed by atoms with Crippen molar-refractivity contribution < 1.29 is 9.18 Å². The van der Waals surface area contributed by atoms with Gasteiger partial charge in [-0.15, -0.1) is 0 Å². The molecule has 5 heteroatoms. The molecule has 3 rings (SSSR count). The molecule has 0 radical (unpaired) electrons. The zero-order valence-electron chi connectivity index (χ0n) is 14.3. The van der Waals surface area contributed by atoms with Gasteiger partial charge in [0.2, 0.25) is 0 Å². The van der Waals surface area contributed by atoms with E-state index in [0.717, 1.165) is 22.9 Å². The van der Waals surface area contributed by atoms with Crippen LogP contribution in [0.3, 0.4) is 0 Å². The number of anilines is 1. The van der Waals surface area contributed by atoms with E-state index in [1.807, 2.05) is 32.0 Å². The second-order valence-electron chi connectivity index (χ2n) is 6.00. The van der Waals surface area contributed by atoms with Crippen LogP contribution in [0.4, 0.5) is 10.2 Å². The highest BCUT2D eigenvalue weighted by Gasteiger charge is 2.14. The van der Waals surface area contributed by atoms with Crippen LogP contribution in [0.1, 0.15) is 27.0 Å². The Morgan fingerprint density at radius 1 is 1.08 bits per heavy atom. The van der Waals surface area contributed by atoms with Gasteiger partial charge in [-0.2, -0.15) is 0 Å². The number of rotatable bonds is 3. The quantitative estimate of drug-likeness (QED) is 0.769. The highest BCUT2D eigenvalue weighted by molar-refractivity contribution is 6.04. The van der Waals surface area contributed by atoms with E-state index in [-0.39, 0.29) is 11.1 Å². The van der Waals surface area contributed by atoms with E-state index < -0.39 is 11.7 Å². The number of hydrogen-bond acceptors (Lipinski definition) is 3. The van der Waals surface area contributed by atoms with Gasteiger partial charge in [0.05, 0.1) is 11.8 Å². The standard InChI is InChI=1S/C20H18FN3O/c1-12-5-4-6-15(7-12)16-10-23-19(8-13(16)2)24-20(25)17-9-22-11-18(21)14(17)3/h4-11H,1-3H3,(H,23,24,25). The number of aromatic nitrogens is 2. The smallest absolute Gasteiger partial charge is 0.258 e. The summed E-state index contributed by atoms with van der Waals surface area (Å²) in [4.78, 5) is 20.4. The van der Waals surface area contributed by atoms with Crippen molar-refractivity contribution in [3.05, 3.63) is 77.0 Å². The SMILES string of the molecule is Cc1cccc(-c2cnc(NC(=O)c3cncc(F)c3C)cc2C)c1. The summed E-state index contributed by atoms with van der Waals surface area (Å²) >= 11 is 0. The highest BCUT2D eigenvalue weighted by atomic mass is 19.1. The Kier molecular flexibility index (Phi) is 4.57. The Bertz CT molecular complexity index is 953. The maximum Gasteiger partial charge on any atom is 0.258 e. The fraction of sp³-hybridized carbons (Fsp3) is 0.150. The molecular weight excluding hydrogens is 317 g/mol. The van der Waals surface area contributed by atoms with E-state index in [4.69, 9.17) is 0 Å². The van der Waals surface area contributed by atoms with E-state index in [0.29, 0.717) is 5.82 Å². The van der Waals surface area contributed by atoms with Crippen molar-refractivity contribution in [1.29, 1.82) is 0 Å². The average Bonchev–Trinajstić information content (AvgIpc) is 2.57. The normalized spacial score (nSPS) is 10.6. The number of aryl methyl sites for hydroxylation is 2. The van der Waals surface area contributed by atoms with Gasteiger partial charge in [0, 0.05) is 23.5 Å². The van der Waals surface area contributed by atoms with Gasteiger partial charge < -0.3 is 5.32 Å². The molecule has 2 heterocycles. The monoisotopic (exact) mass is 335 g/mol. The molecule has 4 nitrogen and oxygen atoms in total. The van der Waals surface area contributed by atoms with Crippen LogP contribution < -0.4 is 5.32 Å².